The van der Waals surface area contributed by atoms with Crippen LogP contribution in [0.2, 0.25) is 0 Å². The van der Waals surface area contributed by atoms with Gasteiger partial charge >= 0.3 is 0 Å². The first kappa shape index (κ1) is 17.0. The van der Waals surface area contributed by atoms with Crippen molar-refractivity contribution in [1.82, 2.24) is 4.90 Å². The Morgan fingerprint density at radius 3 is 2.40 bits per heavy atom. The van der Waals surface area contributed by atoms with E-state index in [4.69, 9.17) is 4.74 Å². The quantitative estimate of drug-likeness (QED) is 0.866. The zero-order valence-corrected chi connectivity index (χ0v) is 13.7. The minimum Gasteiger partial charge on any atom is -0.493 e. The highest BCUT2D eigenvalue weighted by atomic mass is 16.5. The Bertz CT molecular complexity index is 421. The van der Waals surface area contributed by atoms with E-state index in [2.05, 4.69) is 37.8 Å². The second-order valence-electron chi connectivity index (χ2n) is 6.54. The van der Waals surface area contributed by atoms with Crippen LogP contribution in [0.4, 0.5) is 0 Å². The Morgan fingerprint density at radius 1 is 1.25 bits per heavy atom. The van der Waals surface area contributed by atoms with Gasteiger partial charge in [-0.25, -0.2) is 0 Å². The number of ether oxygens (including phenoxy) is 1. The summed E-state index contributed by atoms with van der Waals surface area (Å²) in [6, 6.07) is 6.16. The molecule has 3 nitrogen and oxygen atoms in total. The first-order valence-corrected chi connectivity index (χ1v) is 7.35. The Morgan fingerprint density at radius 2 is 1.90 bits per heavy atom. The van der Waals surface area contributed by atoms with Gasteiger partial charge in [0.25, 0.3) is 0 Å². The van der Waals surface area contributed by atoms with Gasteiger partial charge in [0.1, 0.15) is 5.75 Å². The summed E-state index contributed by atoms with van der Waals surface area (Å²) in [6.07, 6.45) is 0.224. The van der Waals surface area contributed by atoms with Gasteiger partial charge in [0.15, 0.2) is 0 Å². The number of rotatable bonds is 6. The molecule has 0 radical (unpaired) electrons. The van der Waals surface area contributed by atoms with Crippen LogP contribution in [-0.2, 0) is 5.41 Å². The average Bonchev–Trinajstić information content (AvgIpc) is 2.35. The maximum absolute atomic E-state index is 10.5. The average molecular weight is 279 g/mol. The molecule has 0 aromatic heterocycles. The Labute approximate surface area is 123 Å². The van der Waals surface area contributed by atoms with Crippen LogP contribution in [0.25, 0.3) is 0 Å². The molecule has 0 heterocycles. The summed E-state index contributed by atoms with van der Waals surface area (Å²) in [5.74, 6) is 0.798. The van der Waals surface area contributed by atoms with Crippen molar-refractivity contribution in [2.75, 3.05) is 27.2 Å². The van der Waals surface area contributed by atoms with Gasteiger partial charge in [-0.1, -0.05) is 26.8 Å². The van der Waals surface area contributed by atoms with E-state index in [9.17, 15) is 5.11 Å². The van der Waals surface area contributed by atoms with E-state index in [-0.39, 0.29) is 5.41 Å². The molecule has 0 bridgehead atoms. The fourth-order valence-electron chi connectivity index (χ4n) is 2.10. The van der Waals surface area contributed by atoms with Gasteiger partial charge in [-0.15, -0.1) is 0 Å². The molecule has 1 rings (SSSR count). The van der Waals surface area contributed by atoms with Crippen molar-refractivity contribution in [3.05, 3.63) is 29.3 Å². The Balaban J connectivity index is 3.04. The molecule has 3 heteroatoms. The number of benzene rings is 1. The first-order valence-electron chi connectivity index (χ1n) is 7.35. The van der Waals surface area contributed by atoms with Crippen LogP contribution in [-0.4, -0.2) is 37.3 Å². The van der Waals surface area contributed by atoms with Crippen molar-refractivity contribution in [3.63, 3.8) is 0 Å². The maximum atomic E-state index is 10.5. The van der Waals surface area contributed by atoms with Gasteiger partial charge in [0.2, 0.25) is 0 Å². The summed E-state index contributed by atoms with van der Waals surface area (Å²) < 4.78 is 5.66. The largest absolute Gasteiger partial charge is 0.493 e. The summed E-state index contributed by atoms with van der Waals surface area (Å²) >= 11 is 0. The molecule has 0 amide bonds. The van der Waals surface area contributed by atoms with E-state index < -0.39 is 6.10 Å². The lowest BCUT2D eigenvalue weighted by atomic mass is 9.85. The molecule has 0 aliphatic carbocycles. The van der Waals surface area contributed by atoms with Gasteiger partial charge in [-0.05, 0) is 50.6 Å². The Kier molecular flexibility index (Phi) is 6.03. The van der Waals surface area contributed by atoms with Crippen LogP contribution in [0, 0.1) is 0 Å². The summed E-state index contributed by atoms with van der Waals surface area (Å²) in [5.41, 5.74) is 2.20. The van der Waals surface area contributed by atoms with Gasteiger partial charge in [-0.2, -0.15) is 0 Å². The van der Waals surface area contributed by atoms with Crippen molar-refractivity contribution in [2.45, 2.75) is 45.6 Å². The van der Waals surface area contributed by atoms with E-state index >= 15 is 0 Å². The Hall–Kier alpha value is -1.06. The highest BCUT2D eigenvalue weighted by Gasteiger charge is 2.19. The third-order valence-electron chi connectivity index (χ3n) is 3.38. The molecular formula is C17H29NO2. The smallest absolute Gasteiger partial charge is 0.125 e. The summed E-state index contributed by atoms with van der Waals surface area (Å²) in [7, 11) is 4.03. The number of aliphatic hydroxyl groups is 1. The monoisotopic (exact) mass is 279 g/mol. The van der Waals surface area contributed by atoms with Crippen LogP contribution in [0.3, 0.4) is 0 Å². The van der Waals surface area contributed by atoms with Crippen LogP contribution in [0.5, 0.6) is 5.75 Å². The van der Waals surface area contributed by atoms with Gasteiger partial charge in [-0.3, -0.25) is 0 Å². The lowest BCUT2D eigenvalue weighted by Crippen LogP contribution is -2.17. The first-order chi connectivity index (χ1) is 9.25. The van der Waals surface area contributed by atoms with E-state index in [1.807, 2.05) is 27.1 Å². The molecule has 1 aromatic carbocycles. The lowest BCUT2D eigenvalue weighted by molar-refractivity contribution is 0.149. The second-order valence-corrected chi connectivity index (χ2v) is 6.54. The predicted octanol–water partition coefficient (Wildman–Crippen LogP) is 3.37. The standard InChI is InChI=1S/C17H29NO2/c1-7-20-16-9-8-13(17(2,3)4)12-14(16)15(19)10-11-18(5)6/h8-9,12,15,19H,7,10-11H2,1-6H3. The number of nitrogens with zero attached hydrogens (tertiary/aromatic N) is 1. The van der Waals surface area contributed by atoms with E-state index in [0.717, 1.165) is 17.9 Å². The second kappa shape index (κ2) is 7.09. The third kappa shape index (κ3) is 4.80. The van der Waals surface area contributed by atoms with Crippen molar-refractivity contribution < 1.29 is 9.84 Å². The van der Waals surface area contributed by atoms with Crippen LogP contribution >= 0.6 is 0 Å². The topological polar surface area (TPSA) is 32.7 Å². The lowest BCUT2D eigenvalue weighted by Gasteiger charge is -2.23. The molecule has 1 atom stereocenters. The third-order valence-corrected chi connectivity index (χ3v) is 3.38. The molecule has 0 fully saturated rings. The zero-order valence-electron chi connectivity index (χ0n) is 13.7. The van der Waals surface area contributed by atoms with E-state index in [1.165, 1.54) is 5.56 Å². The fourth-order valence-corrected chi connectivity index (χ4v) is 2.10. The molecule has 0 aliphatic heterocycles. The zero-order chi connectivity index (χ0) is 15.3. The molecule has 0 saturated heterocycles. The molecule has 1 unspecified atom stereocenters. The summed E-state index contributed by atoms with van der Waals surface area (Å²) in [4.78, 5) is 2.08. The summed E-state index contributed by atoms with van der Waals surface area (Å²) in [6.45, 7) is 9.97. The normalized spacial score (nSPS) is 13.6. The SMILES string of the molecule is CCOc1ccc(C(C)(C)C)cc1C(O)CCN(C)C. The van der Waals surface area contributed by atoms with E-state index in [1.54, 1.807) is 0 Å². The highest BCUT2D eigenvalue weighted by molar-refractivity contribution is 5.41. The van der Waals surface area contributed by atoms with Crippen molar-refractivity contribution in [3.8, 4) is 5.75 Å². The van der Waals surface area contributed by atoms with Crippen molar-refractivity contribution in [1.29, 1.82) is 0 Å². The number of aliphatic hydroxyl groups excluding tert-OH is 1. The van der Waals surface area contributed by atoms with Crippen LogP contribution < -0.4 is 4.74 Å². The number of hydrogen-bond donors (Lipinski definition) is 1. The van der Waals surface area contributed by atoms with Gasteiger partial charge in [0.05, 0.1) is 12.7 Å². The fraction of sp³-hybridized carbons (Fsp3) is 0.647. The molecule has 1 aromatic rings. The predicted molar refractivity (Wildman–Crippen MR) is 84.4 cm³/mol. The minimum absolute atomic E-state index is 0.0702. The number of hydrogen-bond acceptors (Lipinski definition) is 3. The van der Waals surface area contributed by atoms with Gasteiger partial charge < -0.3 is 14.7 Å². The molecule has 0 aliphatic rings. The molecule has 20 heavy (non-hydrogen) atoms. The molecule has 0 saturated carbocycles. The molecule has 0 spiro atoms. The van der Waals surface area contributed by atoms with E-state index in [0.29, 0.717) is 13.0 Å². The van der Waals surface area contributed by atoms with Crippen molar-refractivity contribution in [2.24, 2.45) is 0 Å². The molecular weight excluding hydrogens is 250 g/mol. The van der Waals surface area contributed by atoms with Gasteiger partial charge in [0, 0.05) is 12.1 Å². The molecule has 1 N–H and O–H groups in total. The maximum Gasteiger partial charge on any atom is 0.125 e. The van der Waals surface area contributed by atoms with Crippen LogP contribution in [0.15, 0.2) is 18.2 Å². The highest BCUT2D eigenvalue weighted by Crippen LogP contribution is 2.33. The minimum atomic E-state index is -0.485. The molecule has 114 valence electrons. The summed E-state index contributed by atoms with van der Waals surface area (Å²) in [5, 5.41) is 10.5. The van der Waals surface area contributed by atoms with Crippen molar-refractivity contribution >= 4 is 0 Å². The van der Waals surface area contributed by atoms with Crippen LogP contribution in [0.1, 0.15) is 51.3 Å².